The van der Waals surface area contributed by atoms with Crippen LogP contribution in [0.15, 0.2) is 18.9 Å². The molecule has 0 aliphatic carbocycles. The standard InChI is InChI=1S/C12H19N5O2/c1-5-11(19)17(4)7-10(18)14-12(8(2)3)9-6-13-16-15-9/h5-6,8,12H,1,7H2,2-4H3,(H,14,18)(H,13,15,16). The number of likely N-dealkylation sites (N-methyl/N-ethyl adjacent to an activating group) is 1. The number of carbonyl (C=O) groups is 2. The molecule has 1 aromatic heterocycles. The number of nitrogens with one attached hydrogen (secondary N) is 2. The Morgan fingerprint density at radius 1 is 1.58 bits per heavy atom. The largest absolute Gasteiger partial charge is 0.346 e. The summed E-state index contributed by atoms with van der Waals surface area (Å²) in [6.45, 7) is 7.29. The average molecular weight is 265 g/mol. The van der Waals surface area contributed by atoms with Gasteiger partial charge in [-0.05, 0) is 12.0 Å². The van der Waals surface area contributed by atoms with Crippen molar-refractivity contribution in [3.63, 3.8) is 0 Å². The van der Waals surface area contributed by atoms with Crippen LogP contribution in [0.25, 0.3) is 0 Å². The van der Waals surface area contributed by atoms with Crippen LogP contribution in [0.2, 0.25) is 0 Å². The maximum atomic E-state index is 11.9. The van der Waals surface area contributed by atoms with Crippen molar-refractivity contribution in [3.05, 3.63) is 24.5 Å². The highest BCUT2D eigenvalue weighted by molar-refractivity contribution is 5.90. The molecule has 1 heterocycles. The van der Waals surface area contributed by atoms with E-state index in [2.05, 4.69) is 27.3 Å². The van der Waals surface area contributed by atoms with Gasteiger partial charge in [0.25, 0.3) is 0 Å². The molecule has 0 spiro atoms. The monoisotopic (exact) mass is 265 g/mol. The van der Waals surface area contributed by atoms with Crippen LogP contribution < -0.4 is 5.32 Å². The van der Waals surface area contributed by atoms with Crippen LogP contribution in [0, 0.1) is 5.92 Å². The van der Waals surface area contributed by atoms with E-state index >= 15 is 0 Å². The molecule has 7 heteroatoms. The van der Waals surface area contributed by atoms with Gasteiger partial charge in [-0.15, -0.1) is 0 Å². The van der Waals surface area contributed by atoms with Crippen molar-refractivity contribution in [3.8, 4) is 0 Å². The molecular weight excluding hydrogens is 246 g/mol. The highest BCUT2D eigenvalue weighted by atomic mass is 16.2. The van der Waals surface area contributed by atoms with Crippen molar-refractivity contribution in [1.82, 2.24) is 25.6 Å². The fourth-order valence-corrected chi connectivity index (χ4v) is 1.61. The molecule has 19 heavy (non-hydrogen) atoms. The number of aromatic nitrogens is 3. The van der Waals surface area contributed by atoms with E-state index in [-0.39, 0.29) is 30.3 Å². The van der Waals surface area contributed by atoms with Crippen molar-refractivity contribution in [2.45, 2.75) is 19.9 Å². The first-order valence-electron chi connectivity index (χ1n) is 5.98. The zero-order valence-electron chi connectivity index (χ0n) is 11.4. The molecule has 0 bridgehead atoms. The third-order valence-electron chi connectivity index (χ3n) is 2.67. The summed E-state index contributed by atoms with van der Waals surface area (Å²) in [5, 5.41) is 13.1. The molecule has 2 amide bonds. The molecule has 1 unspecified atom stereocenters. The summed E-state index contributed by atoms with van der Waals surface area (Å²) in [4.78, 5) is 24.5. The second-order valence-corrected chi connectivity index (χ2v) is 4.58. The predicted octanol–water partition coefficient (Wildman–Crippen LogP) is 0.262. The van der Waals surface area contributed by atoms with Gasteiger partial charge < -0.3 is 10.2 Å². The number of carbonyl (C=O) groups excluding carboxylic acids is 2. The molecule has 1 atom stereocenters. The van der Waals surface area contributed by atoms with E-state index in [0.717, 1.165) is 0 Å². The molecule has 0 radical (unpaired) electrons. The molecule has 0 saturated heterocycles. The lowest BCUT2D eigenvalue weighted by atomic mass is 10.0. The summed E-state index contributed by atoms with van der Waals surface area (Å²) < 4.78 is 0. The van der Waals surface area contributed by atoms with E-state index in [0.29, 0.717) is 5.69 Å². The zero-order valence-corrected chi connectivity index (χ0v) is 11.4. The second-order valence-electron chi connectivity index (χ2n) is 4.58. The predicted molar refractivity (Wildman–Crippen MR) is 69.9 cm³/mol. The van der Waals surface area contributed by atoms with Crippen molar-refractivity contribution in [2.75, 3.05) is 13.6 Å². The van der Waals surface area contributed by atoms with Crippen molar-refractivity contribution in [2.24, 2.45) is 5.92 Å². The minimum absolute atomic E-state index is 0.0219. The van der Waals surface area contributed by atoms with E-state index in [4.69, 9.17) is 0 Å². The van der Waals surface area contributed by atoms with Crippen molar-refractivity contribution in [1.29, 1.82) is 0 Å². The minimum Gasteiger partial charge on any atom is -0.346 e. The van der Waals surface area contributed by atoms with Gasteiger partial charge in [-0.2, -0.15) is 15.4 Å². The Morgan fingerprint density at radius 3 is 2.74 bits per heavy atom. The third-order valence-corrected chi connectivity index (χ3v) is 2.67. The first kappa shape index (κ1) is 14.9. The van der Waals surface area contributed by atoms with E-state index in [1.54, 1.807) is 13.2 Å². The van der Waals surface area contributed by atoms with Gasteiger partial charge in [0.05, 0.1) is 18.8 Å². The fraction of sp³-hybridized carbons (Fsp3) is 0.500. The molecule has 2 N–H and O–H groups in total. The van der Waals surface area contributed by atoms with Gasteiger partial charge >= 0.3 is 0 Å². The Balaban J connectivity index is 2.63. The lowest BCUT2D eigenvalue weighted by Gasteiger charge is -2.22. The topological polar surface area (TPSA) is 91.0 Å². The summed E-state index contributed by atoms with van der Waals surface area (Å²) in [5.74, 6) is -0.383. The number of rotatable bonds is 6. The highest BCUT2D eigenvalue weighted by Crippen LogP contribution is 2.18. The highest BCUT2D eigenvalue weighted by Gasteiger charge is 2.21. The molecule has 0 aromatic carbocycles. The van der Waals surface area contributed by atoms with Gasteiger partial charge in [-0.3, -0.25) is 9.59 Å². The number of H-pyrrole nitrogens is 1. The normalized spacial score (nSPS) is 12.0. The third kappa shape index (κ3) is 4.20. The van der Waals surface area contributed by atoms with Crippen molar-refractivity contribution >= 4 is 11.8 Å². The van der Waals surface area contributed by atoms with Gasteiger partial charge in [0.2, 0.25) is 11.8 Å². The maximum absolute atomic E-state index is 11.9. The van der Waals surface area contributed by atoms with Crippen LogP contribution >= 0.6 is 0 Å². The summed E-state index contributed by atoms with van der Waals surface area (Å²) in [6.07, 6.45) is 2.74. The van der Waals surface area contributed by atoms with E-state index in [9.17, 15) is 9.59 Å². The van der Waals surface area contributed by atoms with Gasteiger partial charge in [0.15, 0.2) is 0 Å². The Hall–Kier alpha value is -2.18. The lowest BCUT2D eigenvalue weighted by molar-refractivity contribution is -0.131. The van der Waals surface area contributed by atoms with Gasteiger partial charge in [-0.25, -0.2) is 0 Å². The molecule has 1 aromatic rings. The first-order chi connectivity index (χ1) is 8.95. The fourth-order valence-electron chi connectivity index (χ4n) is 1.61. The van der Waals surface area contributed by atoms with Crippen LogP contribution in [0.5, 0.6) is 0 Å². The first-order valence-corrected chi connectivity index (χ1v) is 5.98. The molecule has 0 aliphatic heterocycles. The minimum atomic E-state index is -0.294. The quantitative estimate of drug-likeness (QED) is 0.722. The Kier molecular flexibility index (Phi) is 5.23. The number of amides is 2. The number of nitrogens with zero attached hydrogens (tertiary/aromatic N) is 3. The van der Waals surface area contributed by atoms with Gasteiger partial charge in [0.1, 0.15) is 5.69 Å². The van der Waals surface area contributed by atoms with Crippen LogP contribution in [-0.2, 0) is 9.59 Å². The van der Waals surface area contributed by atoms with Crippen LogP contribution in [0.4, 0.5) is 0 Å². The van der Waals surface area contributed by atoms with E-state index < -0.39 is 0 Å². The molecule has 0 aliphatic rings. The zero-order chi connectivity index (χ0) is 14.4. The van der Waals surface area contributed by atoms with E-state index in [1.807, 2.05) is 13.8 Å². The Labute approximate surface area is 112 Å². The second kappa shape index (κ2) is 6.67. The van der Waals surface area contributed by atoms with Crippen LogP contribution in [-0.4, -0.2) is 45.7 Å². The Bertz CT molecular complexity index is 441. The van der Waals surface area contributed by atoms with Gasteiger partial charge in [-0.1, -0.05) is 20.4 Å². The number of hydrogen-bond donors (Lipinski definition) is 2. The van der Waals surface area contributed by atoms with Crippen molar-refractivity contribution < 1.29 is 9.59 Å². The number of aromatic amines is 1. The average Bonchev–Trinajstić information content (AvgIpc) is 2.87. The Morgan fingerprint density at radius 2 is 2.26 bits per heavy atom. The number of hydrogen-bond acceptors (Lipinski definition) is 4. The molecule has 0 fully saturated rings. The summed E-state index contributed by atoms with van der Waals surface area (Å²) in [6, 6.07) is -0.238. The molecular formula is C12H19N5O2. The molecule has 0 saturated carbocycles. The summed E-state index contributed by atoms with van der Waals surface area (Å²) >= 11 is 0. The summed E-state index contributed by atoms with van der Waals surface area (Å²) in [7, 11) is 1.55. The maximum Gasteiger partial charge on any atom is 0.246 e. The van der Waals surface area contributed by atoms with Crippen LogP contribution in [0.1, 0.15) is 25.6 Å². The van der Waals surface area contributed by atoms with E-state index in [1.165, 1.54) is 11.0 Å². The van der Waals surface area contributed by atoms with Crippen LogP contribution in [0.3, 0.4) is 0 Å². The lowest BCUT2D eigenvalue weighted by Crippen LogP contribution is -2.40. The smallest absolute Gasteiger partial charge is 0.246 e. The molecule has 1 rings (SSSR count). The SMILES string of the molecule is C=CC(=O)N(C)CC(=O)NC(c1cn[nH]n1)C(C)C. The van der Waals surface area contributed by atoms with Gasteiger partial charge in [0, 0.05) is 7.05 Å². The molecule has 7 nitrogen and oxygen atoms in total. The summed E-state index contributed by atoms with van der Waals surface area (Å²) in [5.41, 5.74) is 0.668. The molecule has 104 valence electrons.